The first kappa shape index (κ1) is 17.8. The standard InChI is InChI=1S/C20H32N4O2/c1-15-11-24(17-9-4-3-5-10-17)22-18(15)21-19(25)23-12-20(13-23,14-26-2)16-7-6-8-16/h11,16-17H,3-10,12-14H2,1-2H3,(H,21,22,25). The van der Waals surface area contributed by atoms with Gasteiger partial charge in [0.25, 0.3) is 0 Å². The smallest absolute Gasteiger partial charge is 0.323 e. The van der Waals surface area contributed by atoms with Crippen molar-refractivity contribution in [3.05, 3.63) is 11.8 Å². The van der Waals surface area contributed by atoms with Crippen molar-refractivity contribution in [1.82, 2.24) is 14.7 Å². The lowest BCUT2D eigenvalue weighted by atomic mass is 9.61. The topological polar surface area (TPSA) is 59.4 Å². The van der Waals surface area contributed by atoms with Crippen molar-refractivity contribution < 1.29 is 9.53 Å². The molecule has 2 amide bonds. The van der Waals surface area contributed by atoms with Crippen LogP contribution in [0.2, 0.25) is 0 Å². The third kappa shape index (κ3) is 3.24. The lowest BCUT2D eigenvalue weighted by Crippen LogP contribution is -2.65. The SMILES string of the molecule is COCC1(C2CCC2)CN(C(=O)Nc2nn(C3CCCCC3)cc2C)C1. The molecule has 0 bridgehead atoms. The summed E-state index contributed by atoms with van der Waals surface area (Å²) in [5, 5.41) is 7.72. The summed E-state index contributed by atoms with van der Waals surface area (Å²) < 4.78 is 7.54. The van der Waals surface area contributed by atoms with Gasteiger partial charge in [-0.3, -0.25) is 10.00 Å². The lowest BCUT2D eigenvalue weighted by molar-refractivity contribution is -0.0920. The molecule has 144 valence electrons. The monoisotopic (exact) mass is 360 g/mol. The molecule has 3 fully saturated rings. The Labute approximate surface area is 156 Å². The highest BCUT2D eigenvalue weighted by Crippen LogP contribution is 2.48. The van der Waals surface area contributed by atoms with Gasteiger partial charge < -0.3 is 9.64 Å². The Morgan fingerprint density at radius 2 is 1.96 bits per heavy atom. The minimum atomic E-state index is -0.0203. The van der Waals surface area contributed by atoms with Gasteiger partial charge in [0.2, 0.25) is 0 Å². The number of nitrogens with one attached hydrogen (secondary N) is 1. The second-order valence-corrected chi connectivity index (χ2v) is 8.64. The molecule has 3 aliphatic rings. The van der Waals surface area contributed by atoms with E-state index in [0.717, 1.165) is 31.2 Å². The first-order valence-corrected chi connectivity index (χ1v) is 10.2. The number of hydrogen-bond acceptors (Lipinski definition) is 3. The van der Waals surface area contributed by atoms with E-state index in [2.05, 4.69) is 21.3 Å². The van der Waals surface area contributed by atoms with Crippen LogP contribution in [-0.2, 0) is 4.74 Å². The van der Waals surface area contributed by atoms with Crippen molar-refractivity contribution in [3.63, 3.8) is 0 Å². The number of methoxy groups -OCH3 is 1. The van der Waals surface area contributed by atoms with Gasteiger partial charge in [0, 0.05) is 37.4 Å². The highest BCUT2D eigenvalue weighted by atomic mass is 16.5. The quantitative estimate of drug-likeness (QED) is 0.864. The molecule has 6 nitrogen and oxygen atoms in total. The van der Waals surface area contributed by atoms with Gasteiger partial charge in [0.05, 0.1) is 12.6 Å². The van der Waals surface area contributed by atoms with E-state index in [0.29, 0.717) is 11.9 Å². The number of anilines is 1. The molecule has 1 N–H and O–H groups in total. The normalized spacial score (nSPS) is 23.4. The fraction of sp³-hybridized carbons (Fsp3) is 0.800. The molecule has 6 heteroatoms. The maximum absolute atomic E-state index is 12.7. The highest BCUT2D eigenvalue weighted by Gasteiger charge is 2.52. The number of aromatic nitrogens is 2. The average Bonchev–Trinajstić information content (AvgIpc) is 2.92. The molecule has 2 heterocycles. The largest absolute Gasteiger partial charge is 0.384 e. The summed E-state index contributed by atoms with van der Waals surface area (Å²) in [6, 6.07) is 0.470. The lowest BCUT2D eigenvalue weighted by Gasteiger charge is -2.56. The molecule has 2 aliphatic carbocycles. The Morgan fingerprint density at radius 3 is 2.58 bits per heavy atom. The van der Waals surface area contributed by atoms with E-state index in [-0.39, 0.29) is 11.4 Å². The van der Waals surface area contributed by atoms with Gasteiger partial charge in [0.1, 0.15) is 0 Å². The van der Waals surface area contributed by atoms with Gasteiger partial charge in [0.15, 0.2) is 5.82 Å². The van der Waals surface area contributed by atoms with Crippen LogP contribution in [-0.4, -0.2) is 47.5 Å². The van der Waals surface area contributed by atoms with Crippen molar-refractivity contribution in [1.29, 1.82) is 0 Å². The summed E-state index contributed by atoms with van der Waals surface area (Å²) in [7, 11) is 1.77. The Bertz CT molecular complexity index is 640. The van der Waals surface area contributed by atoms with Gasteiger partial charge in [-0.2, -0.15) is 5.10 Å². The van der Waals surface area contributed by atoms with Gasteiger partial charge in [-0.05, 0) is 38.5 Å². The summed E-state index contributed by atoms with van der Waals surface area (Å²) in [5.41, 5.74) is 1.23. The van der Waals surface area contributed by atoms with Crippen molar-refractivity contribution in [2.24, 2.45) is 11.3 Å². The number of carbonyl (C=O) groups excluding carboxylic acids is 1. The van der Waals surface area contributed by atoms with E-state index in [4.69, 9.17) is 4.74 Å². The molecule has 26 heavy (non-hydrogen) atoms. The Kier molecular flexibility index (Phi) is 4.95. The zero-order chi connectivity index (χ0) is 18.1. The van der Waals surface area contributed by atoms with E-state index in [1.54, 1.807) is 7.11 Å². The number of aryl methyl sites for hydroxylation is 1. The number of carbonyl (C=O) groups is 1. The summed E-state index contributed by atoms with van der Waals surface area (Å²) in [4.78, 5) is 14.6. The molecule has 0 aromatic carbocycles. The van der Waals surface area contributed by atoms with E-state index < -0.39 is 0 Å². The van der Waals surface area contributed by atoms with Crippen LogP contribution in [0.3, 0.4) is 0 Å². The number of ether oxygens (including phenoxy) is 1. The van der Waals surface area contributed by atoms with E-state index in [9.17, 15) is 4.79 Å². The second kappa shape index (κ2) is 7.22. The first-order valence-electron chi connectivity index (χ1n) is 10.2. The van der Waals surface area contributed by atoms with Crippen LogP contribution in [0.25, 0.3) is 0 Å². The van der Waals surface area contributed by atoms with Gasteiger partial charge in [-0.15, -0.1) is 0 Å². The second-order valence-electron chi connectivity index (χ2n) is 8.64. The summed E-state index contributed by atoms with van der Waals surface area (Å²) in [5.74, 6) is 1.44. The minimum absolute atomic E-state index is 0.0203. The molecule has 1 aromatic heterocycles. The molecule has 0 radical (unpaired) electrons. The van der Waals surface area contributed by atoms with Crippen LogP contribution in [0, 0.1) is 18.3 Å². The van der Waals surface area contributed by atoms with Gasteiger partial charge in [-0.1, -0.05) is 25.7 Å². The van der Waals surface area contributed by atoms with Gasteiger partial charge >= 0.3 is 6.03 Å². The number of nitrogens with zero attached hydrogens (tertiary/aromatic N) is 3. The van der Waals surface area contributed by atoms with Crippen molar-refractivity contribution in [2.45, 2.75) is 64.3 Å². The van der Waals surface area contributed by atoms with Gasteiger partial charge in [-0.25, -0.2) is 4.79 Å². The molecular weight excluding hydrogens is 328 g/mol. The van der Waals surface area contributed by atoms with Crippen LogP contribution in [0.4, 0.5) is 10.6 Å². The maximum Gasteiger partial charge on any atom is 0.323 e. The Morgan fingerprint density at radius 1 is 1.23 bits per heavy atom. The number of urea groups is 1. The molecule has 0 unspecified atom stereocenters. The summed E-state index contributed by atoms with van der Waals surface area (Å²) in [6.45, 7) is 4.40. The zero-order valence-corrected chi connectivity index (χ0v) is 16.2. The fourth-order valence-electron chi connectivity index (χ4n) is 4.95. The highest BCUT2D eigenvalue weighted by molar-refractivity contribution is 5.89. The van der Waals surface area contributed by atoms with E-state index in [1.807, 2.05) is 11.8 Å². The zero-order valence-electron chi connectivity index (χ0n) is 16.2. The Hall–Kier alpha value is -1.56. The third-order valence-corrected chi connectivity index (χ3v) is 6.79. The van der Waals surface area contributed by atoms with Crippen LogP contribution >= 0.6 is 0 Å². The summed E-state index contributed by atoms with van der Waals surface area (Å²) >= 11 is 0. The number of amides is 2. The molecule has 0 spiro atoms. The van der Waals surface area contributed by atoms with Crippen LogP contribution in [0.15, 0.2) is 6.20 Å². The molecule has 0 atom stereocenters. The third-order valence-electron chi connectivity index (χ3n) is 6.79. The van der Waals surface area contributed by atoms with Crippen molar-refractivity contribution >= 4 is 11.8 Å². The number of hydrogen-bond donors (Lipinski definition) is 1. The van der Waals surface area contributed by atoms with E-state index >= 15 is 0 Å². The minimum Gasteiger partial charge on any atom is -0.384 e. The number of rotatable bonds is 5. The molecule has 4 rings (SSSR count). The van der Waals surface area contributed by atoms with Crippen LogP contribution in [0.5, 0.6) is 0 Å². The predicted molar refractivity (Wildman–Crippen MR) is 101 cm³/mol. The van der Waals surface area contributed by atoms with E-state index in [1.165, 1.54) is 51.4 Å². The molecule has 1 aliphatic heterocycles. The Balaban J connectivity index is 1.36. The van der Waals surface area contributed by atoms with Crippen molar-refractivity contribution in [2.75, 3.05) is 32.1 Å². The number of likely N-dealkylation sites (tertiary alicyclic amines) is 1. The fourth-order valence-corrected chi connectivity index (χ4v) is 4.95. The average molecular weight is 361 g/mol. The molecule has 1 saturated heterocycles. The maximum atomic E-state index is 12.7. The summed E-state index contributed by atoms with van der Waals surface area (Å²) in [6.07, 6.45) is 12.3. The van der Waals surface area contributed by atoms with Crippen LogP contribution < -0.4 is 5.32 Å². The molecule has 2 saturated carbocycles. The first-order chi connectivity index (χ1) is 12.6. The van der Waals surface area contributed by atoms with Crippen LogP contribution in [0.1, 0.15) is 63.0 Å². The predicted octanol–water partition coefficient (Wildman–Crippen LogP) is 3.98. The molecular formula is C20H32N4O2. The van der Waals surface area contributed by atoms with Crippen molar-refractivity contribution in [3.8, 4) is 0 Å². The molecule has 1 aromatic rings.